The number of carbonyl (C=O) groups excluding carboxylic acids is 1. The van der Waals surface area contributed by atoms with Crippen molar-refractivity contribution < 1.29 is 18.0 Å². The van der Waals surface area contributed by atoms with Crippen molar-refractivity contribution >= 4 is 28.8 Å². The SMILES string of the molecule is CCN(CC)C(=O)C1CCCN(c2nc(NC3CCN(Cc4ccccc4)CC3)c3ncn(Cc4ccc(C(F)(F)F)cc4)c3n2)C1. The number of benzene rings is 2. The summed E-state index contributed by atoms with van der Waals surface area (Å²) in [6.45, 7) is 9.77. The van der Waals surface area contributed by atoms with Crippen LogP contribution in [0.5, 0.6) is 0 Å². The number of likely N-dealkylation sites (tertiary alicyclic amines) is 1. The lowest BCUT2D eigenvalue weighted by Gasteiger charge is -2.35. The third-order valence-electron chi connectivity index (χ3n) is 9.39. The second-order valence-electron chi connectivity index (χ2n) is 12.6. The van der Waals surface area contributed by atoms with Gasteiger partial charge >= 0.3 is 6.18 Å². The van der Waals surface area contributed by atoms with Gasteiger partial charge in [0.1, 0.15) is 0 Å². The Bertz CT molecular complexity index is 1630. The van der Waals surface area contributed by atoms with E-state index in [-0.39, 0.29) is 17.9 Å². The summed E-state index contributed by atoms with van der Waals surface area (Å²) in [5, 5.41) is 3.68. The van der Waals surface area contributed by atoms with E-state index in [4.69, 9.17) is 9.97 Å². The highest BCUT2D eigenvalue weighted by atomic mass is 19.4. The number of anilines is 2. The molecule has 0 spiro atoms. The number of amides is 1. The molecule has 1 amide bonds. The van der Waals surface area contributed by atoms with Gasteiger partial charge in [0, 0.05) is 51.9 Å². The highest BCUT2D eigenvalue weighted by Gasteiger charge is 2.32. The number of aromatic nitrogens is 4. The number of carbonyl (C=O) groups is 1. The number of hydrogen-bond acceptors (Lipinski definition) is 7. The average molecular weight is 649 g/mol. The Labute approximate surface area is 273 Å². The van der Waals surface area contributed by atoms with E-state index in [0.717, 1.165) is 64.0 Å². The summed E-state index contributed by atoms with van der Waals surface area (Å²) in [6, 6.07) is 15.9. The first-order chi connectivity index (χ1) is 22.7. The summed E-state index contributed by atoms with van der Waals surface area (Å²) >= 11 is 0. The molecule has 0 saturated carbocycles. The minimum Gasteiger partial charge on any atom is -0.365 e. The largest absolute Gasteiger partial charge is 0.416 e. The molecule has 2 aromatic heterocycles. The van der Waals surface area contributed by atoms with E-state index >= 15 is 0 Å². The maximum absolute atomic E-state index is 13.3. The maximum atomic E-state index is 13.3. The van der Waals surface area contributed by atoms with Crippen molar-refractivity contribution in [3.05, 3.63) is 77.6 Å². The Morgan fingerprint density at radius 2 is 1.62 bits per heavy atom. The van der Waals surface area contributed by atoms with Crippen molar-refractivity contribution in [3.63, 3.8) is 0 Å². The van der Waals surface area contributed by atoms with Crippen molar-refractivity contribution in [3.8, 4) is 0 Å². The second kappa shape index (κ2) is 14.3. The average Bonchev–Trinajstić information content (AvgIpc) is 3.49. The number of hydrogen-bond donors (Lipinski definition) is 1. The molecular weight excluding hydrogens is 605 g/mol. The molecule has 2 aromatic carbocycles. The molecule has 2 saturated heterocycles. The van der Waals surface area contributed by atoms with Crippen LogP contribution < -0.4 is 10.2 Å². The molecular formula is C35H43F3N8O. The highest BCUT2D eigenvalue weighted by molar-refractivity contribution is 5.85. The number of piperidine rings is 2. The number of fused-ring (bicyclic) bond motifs is 1. The smallest absolute Gasteiger partial charge is 0.365 e. The highest BCUT2D eigenvalue weighted by Crippen LogP contribution is 2.31. The summed E-state index contributed by atoms with van der Waals surface area (Å²) in [4.78, 5) is 34.4. The third kappa shape index (κ3) is 7.69. The predicted octanol–water partition coefficient (Wildman–Crippen LogP) is 6.05. The van der Waals surface area contributed by atoms with E-state index in [9.17, 15) is 18.0 Å². The van der Waals surface area contributed by atoms with Crippen LogP contribution >= 0.6 is 0 Å². The van der Waals surface area contributed by atoms with Crippen molar-refractivity contribution in [2.45, 2.75) is 64.8 Å². The number of rotatable bonds is 10. The van der Waals surface area contributed by atoms with Crippen LogP contribution in [0.25, 0.3) is 11.2 Å². The molecule has 0 aliphatic carbocycles. The molecule has 1 atom stereocenters. The van der Waals surface area contributed by atoms with Gasteiger partial charge < -0.3 is 19.7 Å². The van der Waals surface area contributed by atoms with E-state index in [1.165, 1.54) is 17.7 Å². The van der Waals surface area contributed by atoms with Gasteiger partial charge in [-0.05, 0) is 62.8 Å². The first-order valence-electron chi connectivity index (χ1n) is 16.7. The Hall–Kier alpha value is -4.19. The van der Waals surface area contributed by atoms with E-state index in [2.05, 4.69) is 44.4 Å². The zero-order chi connectivity index (χ0) is 33.0. The van der Waals surface area contributed by atoms with Gasteiger partial charge in [-0.3, -0.25) is 9.69 Å². The molecule has 2 aliphatic rings. The monoisotopic (exact) mass is 648 g/mol. The lowest BCUT2D eigenvalue weighted by Crippen LogP contribution is -2.45. The van der Waals surface area contributed by atoms with E-state index in [1.807, 2.05) is 29.4 Å². The van der Waals surface area contributed by atoms with Gasteiger partial charge in [0.2, 0.25) is 11.9 Å². The molecule has 4 heterocycles. The van der Waals surface area contributed by atoms with E-state index in [0.29, 0.717) is 54.7 Å². The van der Waals surface area contributed by atoms with Gasteiger partial charge in [-0.2, -0.15) is 23.1 Å². The molecule has 1 unspecified atom stereocenters. The molecule has 0 bridgehead atoms. The lowest BCUT2D eigenvalue weighted by atomic mass is 9.96. The molecule has 0 radical (unpaired) electrons. The standard InChI is InChI=1S/C35H43F3N8O/c1-3-44(4-2)33(47)27-11-8-18-45(23-27)34-41-31(40-29-16-19-43(20-17-29)21-25-9-6-5-7-10-25)30-32(42-34)46(24-39-30)22-26-12-14-28(15-13-26)35(36,37)38/h5-7,9-10,12-15,24,27,29H,3-4,8,11,16-23H2,1-2H3,(H,40,41,42). The number of nitrogens with zero attached hydrogens (tertiary/aromatic N) is 7. The first-order valence-corrected chi connectivity index (χ1v) is 16.7. The van der Waals surface area contributed by atoms with Gasteiger partial charge in [0.25, 0.3) is 0 Å². The number of halogens is 3. The van der Waals surface area contributed by atoms with Crippen LogP contribution in [0.3, 0.4) is 0 Å². The molecule has 4 aromatic rings. The zero-order valence-electron chi connectivity index (χ0n) is 27.1. The first kappa shape index (κ1) is 32.7. The Kier molecular flexibility index (Phi) is 9.95. The minimum atomic E-state index is -4.39. The minimum absolute atomic E-state index is 0.134. The second-order valence-corrected chi connectivity index (χ2v) is 12.6. The summed E-state index contributed by atoms with van der Waals surface area (Å²) in [5.41, 5.74) is 2.57. The van der Waals surface area contributed by atoms with Gasteiger partial charge in [-0.1, -0.05) is 42.5 Å². The van der Waals surface area contributed by atoms with Gasteiger partial charge in [-0.25, -0.2) is 4.98 Å². The van der Waals surface area contributed by atoms with Crippen molar-refractivity contribution in [2.24, 2.45) is 5.92 Å². The molecule has 250 valence electrons. The van der Waals surface area contributed by atoms with Crippen LogP contribution in [0.1, 0.15) is 56.2 Å². The zero-order valence-corrected chi connectivity index (χ0v) is 27.1. The molecule has 47 heavy (non-hydrogen) atoms. The van der Waals surface area contributed by atoms with Crippen LogP contribution in [-0.4, -0.2) is 80.5 Å². The van der Waals surface area contributed by atoms with E-state index < -0.39 is 11.7 Å². The fourth-order valence-electron chi connectivity index (χ4n) is 6.71. The van der Waals surface area contributed by atoms with Crippen LogP contribution in [0.15, 0.2) is 60.9 Å². The van der Waals surface area contributed by atoms with Crippen molar-refractivity contribution in [1.29, 1.82) is 0 Å². The molecule has 2 aliphatic heterocycles. The number of alkyl halides is 3. The Balaban J connectivity index is 1.25. The molecule has 6 rings (SSSR count). The lowest BCUT2D eigenvalue weighted by molar-refractivity contribution is -0.137. The van der Waals surface area contributed by atoms with Gasteiger partial charge in [0.15, 0.2) is 17.0 Å². The summed E-state index contributed by atoms with van der Waals surface area (Å²) in [6.07, 6.45) is 0.865. The van der Waals surface area contributed by atoms with Crippen LogP contribution in [0.4, 0.5) is 24.9 Å². The Morgan fingerprint density at radius 1 is 0.915 bits per heavy atom. The van der Waals surface area contributed by atoms with Crippen LogP contribution in [0, 0.1) is 5.92 Å². The fourth-order valence-corrected chi connectivity index (χ4v) is 6.71. The summed E-state index contributed by atoms with van der Waals surface area (Å²) in [5.74, 6) is 1.21. The van der Waals surface area contributed by atoms with Gasteiger partial charge in [-0.15, -0.1) is 0 Å². The normalized spacial score (nSPS) is 18.1. The third-order valence-corrected chi connectivity index (χ3v) is 9.39. The Morgan fingerprint density at radius 3 is 2.30 bits per heavy atom. The van der Waals surface area contributed by atoms with E-state index in [1.54, 1.807) is 6.33 Å². The molecule has 9 nitrogen and oxygen atoms in total. The fraction of sp³-hybridized carbons (Fsp3) is 0.486. The molecule has 1 N–H and O–H groups in total. The molecule has 2 fully saturated rings. The van der Waals surface area contributed by atoms with Gasteiger partial charge in [0.05, 0.1) is 24.4 Å². The number of nitrogens with one attached hydrogen (secondary N) is 1. The number of imidazole rings is 1. The maximum Gasteiger partial charge on any atom is 0.416 e. The molecule has 12 heteroatoms. The quantitative estimate of drug-likeness (QED) is 0.224. The van der Waals surface area contributed by atoms with Crippen LogP contribution in [-0.2, 0) is 24.1 Å². The van der Waals surface area contributed by atoms with Crippen molar-refractivity contribution in [2.75, 3.05) is 49.5 Å². The summed E-state index contributed by atoms with van der Waals surface area (Å²) < 4.78 is 41.4. The summed E-state index contributed by atoms with van der Waals surface area (Å²) in [7, 11) is 0. The van der Waals surface area contributed by atoms with Crippen molar-refractivity contribution in [1.82, 2.24) is 29.3 Å². The predicted molar refractivity (Wildman–Crippen MR) is 177 cm³/mol. The topological polar surface area (TPSA) is 82.4 Å². The van der Waals surface area contributed by atoms with Crippen LogP contribution in [0.2, 0.25) is 0 Å².